The summed E-state index contributed by atoms with van der Waals surface area (Å²) in [6.45, 7) is 2.07. The van der Waals surface area contributed by atoms with Gasteiger partial charge in [-0.25, -0.2) is 14.6 Å². The van der Waals surface area contributed by atoms with E-state index in [2.05, 4.69) is 30.6 Å². The molecule has 150 valence electrons. The smallest absolute Gasteiger partial charge is 0.246 e. The maximum absolute atomic E-state index is 12.7. The molecule has 2 heterocycles. The summed E-state index contributed by atoms with van der Waals surface area (Å²) in [7, 11) is 0. The molecular formula is C22H21N7O. The third kappa shape index (κ3) is 3.84. The highest BCUT2D eigenvalue weighted by Crippen LogP contribution is 2.39. The number of aryl methyl sites for hydroxylation is 1. The molecule has 0 atom stereocenters. The molecule has 1 aliphatic carbocycles. The molecule has 30 heavy (non-hydrogen) atoms. The number of nitrogens with zero attached hydrogens (tertiary/aromatic N) is 5. The number of hydrogen-bond acceptors (Lipinski definition) is 5. The van der Waals surface area contributed by atoms with Crippen molar-refractivity contribution in [1.82, 2.24) is 29.9 Å². The monoisotopic (exact) mass is 399 g/mol. The summed E-state index contributed by atoms with van der Waals surface area (Å²) in [4.78, 5) is 21.6. The Bertz CT molecular complexity index is 1190. The molecule has 1 saturated carbocycles. The molecule has 1 fully saturated rings. The van der Waals surface area contributed by atoms with Gasteiger partial charge >= 0.3 is 0 Å². The quantitative estimate of drug-likeness (QED) is 0.516. The Labute approximate surface area is 173 Å². The molecule has 0 saturated heterocycles. The summed E-state index contributed by atoms with van der Waals surface area (Å²) in [6.07, 6.45) is 3.86. The lowest BCUT2D eigenvalue weighted by atomic mass is 10.1. The molecule has 0 unspecified atom stereocenters. The van der Waals surface area contributed by atoms with Gasteiger partial charge in [0.05, 0.1) is 5.69 Å². The average Bonchev–Trinajstić information content (AvgIpc) is 3.30. The van der Waals surface area contributed by atoms with E-state index in [1.807, 2.05) is 55.5 Å². The number of benzene rings is 2. The first-order valence-corrected chi connectivity index (χ1v) is 9.94. The van der Waals surface area contributed by atoms with E-state index in [9.17, 15) is 4.79 Å². The van der Waals surface area contributed by atoms with Gasteiger partial charge in [-0.3, -0.25) is 9.89 Å². The van der Waals surface area contributed by atoms with Crippen molar-refractivity contribution in [2.24, 2.45) is 0 Å². The Morgan fingerprint density at radius 3 is 2.80 bits per heavy atom. The molecule has 2 N–H and O–H groups in total. The number of hydrogen-bond donors (Lipinski definition) is 2. The van der Waals surface area contributed by atoms with E-state index in [4.69, 9.17) is 0 Å². The zero-order chi connectivity index (χ0) is 20.5. The van der Waals surface area contributed by atoms with Crippen molar-refractivity contribution in [3.63, 3.8) is 0 Å². The van der Waals surface area contributed by atoms with Gasteiger partial charge in [-0.15, -0.1) is 0 Å². The summed E-state index contributed by atoms with van der Waals surface area (Å²) < 4.78 is 1.53. The molecule has 0 bridgehead atoms. The van der Waals surface area contributed by atoms with Crippen molar-refractivity contribution in [3.8, 4) is 22.8 Å². The minimum atomic E-state index is -0.192. The van der Waals surface area contributed by atoms with Crippen LogP contribution in [-0.2, 0) is 11.3 Å². The molecule has 1 amide bonds. The van der Waals surface area contributed by atoms with Crippen molar-refractivity contribution in [1.29, 1.82) is 0 Å². The van der Waals surface area contributed by atoms with Crippen LogP contribution in [0.3, 0.4) is 0 Å². The van der Waals surface area contributed by atoms with Gasteiger partial charge in [0.15, 0.2) is 11.6 Å². The van der Waals surface area contributed by atoms with Gasteiger partial charge in [-0.1, -0.05) is 42.0 Å². The van der Waals surface area contributed by atoms with Crippen molar-refractivity contribution < 1.29 is 4.79 Å². The second-order valence-corrected chi connectivity index (χ2v) is 7.55. The van der Waals surface area contributed by atoms with Crippen molar-refractivity contribution in [2.45, 2.75) is 32.2 Å². The van der Waals surface area contributed by atoms with Crippen LogP contribution in [0.25, 0.3) is 22.8 Å². The fourth-order valence-electron chi connectivity index (χ4n) is 3.31. The van der Waals surface area contributed by atoms with Crippen LogP contribution in [0.15, 0.2) is 54.9 Å². The molecule has 8 nitrogen and oxygen atoms in total. The van der Waals surface area contributed by atoms with Gasteiger partial charge in [-0.2, -0.15) is 10.2 Å². The van der Waals surface area contributed by atoms with Crippen LogP contribution in [0.1, 0.15) is 30.1 Å². The van der Waals surface area contributed by atoms with E-state index >= 15 is 0 Å². The fourth-order valence-corrected chi connectivity index (χ4v) is 3.31. The minimum Gasteiger partial charge on any atom is -0.324 e. The zero-order valence-corrected chi connectivity index (χ0v) is 16.5. The van der Waals surface area contributed by atoms with Gasteiger partial charge < -0.3 is 5.32 Å². The van der Waals surface area contributed by atoms with Crippen LogP contribution in [-0.4, -0.2) is 35.9 Å². The number of aromatic nitrogens is 6. The van der Waals surface area contributed by atoms with Crippen molar-refractivity contribution in [3.05, 3.63) is 66.2 Å². The molecule has 2 aromatic heterocycles. The lowest BCUT2D eigenvalue weighted by Crippen LogP contribution is -2.19. The minimum absolute atomic E-state index is 0.0640. The van der Waals surface area contributed by atoms with E-state index in [1.54, 1.807) is 6.33 Å². The number of nitrogens with one attached hydrogen (secondary N) is 2. The van der Waals surface area contributed by atoms with Crippen LogP contribution in [0, 0.1) is 6.92 Å². The van der Waals surface area contributed by atoms with Gasteiger partial charge in [0.2, 0.25) is 5.91 Å². The predicted octanol–water partition coefficient (Wildman–Crippen LogP) is 3.55. The van der Waals surface area contributed by atoms with Gasteiger partial charge in [0.25, 0.3) is 0 Å². The van der Waals surface area contributed by atoms with Crippen LogP contribution in [0.5, 0.6) is 0 Å². The molecule has 0 radical (unpaired) electrons. The highest BCUT2D eigenvalue weighted by atomic mass is 16.2. The van der Waals surface area contributed by atoms with Crippen molar-refractivity contribution >= 4 is 11.6 Å². The van der Waals surface area contributed by atoms with E-state index in [0.717, 1.165) is 35.4 Å². The lowest BCUT2D eigenvalue weighted by molar-refractivity contribution is -0.116. The molecule has 2 aromatic carbocycles. The number of carbonyl (C=O) groups excluding carboxylic acids is 1. The van der Waals surface area contributed by atoms with Gasteiger partial charge in [-0.05, 0) is 31.9 Å². The molecule has 8 heteroatoms. The first-order valence-electron chi connectivity index (χ1n) is 9.94. The largest absolute Gasteiger partial charge is 0.324 e. The Morgan fingerprint density at radius 1 is 1.17 bits per heavy atom. The standard InChI is InChI=1S/C22H21N7O/c1-14-7-10-18(17(11-14)22-25-21(26-27-22)16-8-9-16)24-19(30)12-29-13-23-20(28-29)15-5-3-2-4-6-15/h2-7,10-11,13,16H,8-9,12H2,1H3,(H,24,30)(H,25,26,27). The highest BCUT2D eigenvalue weighted by molar-refractivity contribution is 5.94. The highest BCUT2D eigenvalue weighted by Gasteiger charge is 2.27. The molecule has 1 aliphatic rings. The molecule has 0 aliphatic heterocycles. The Kier molecular flexibility index (Phi) is 4.59. The lowest BCUT2D eigenvalue weighted by Gasteiger charge is -2.10. The van der Waals surface area contributed by atoms with Gasteiger partial charge in [0, 0.05) is 17.0 Å². The average molecular weight is 399 g/mol. The molecule has 5 rings (SSSR count). The number of amides is 1. The maximum Gasteiger partial charge on any atom is 0.246 e. The number of H-pyrrole nitrogens is 1. The first-order chi connectivity index (χ1) is 14.7. The SMILES string of the molecule is Cc1ccc(NC(=O)Cn2cnc(-c3ccccc3)n2)c(-c2n[nH]c(C3CC3)n2)c1. The third-order valence-corrected chi connectivity index (χ3v) is 5.03. The van der Waals surface area contributed by atoms with E-state index in [1.165, 1.54) is 4.68 Å². The fraction of sp³-hybridized carbons (Fsp3) is 0.227. The Balaban J connectivity index is 1.33. The zero-order valence-electron chi connectivity index (χ0n) is 16.5. The van der Waals surface area contributed by atoms with Gasteiger partial charge in [0.1, 0.15) is 18.7 Å². The van der Waals surface area contributed by atoms with Crippen molar-refractivity contribution in [2.75, 3.05) is 5.32 Å². The summed E-state index contributed by atoms with van der Waals surface area (Å²) >= 11 is 0. The Hall–Kier alpha value is -3.81. The maximum atomic E-state index is 12.7. The predicted molar refractivity (Wildman–Crippen MR) is 113 cm³/mol. The molecular weight excluding hydrogens is 378 g/mol. The normalized spacial score (nSPS) is 13.4. The third-order valence-electron chi connectivity index (χ3n) is 5.03. The van der Waals surface area contributed by atoms with Crippen LogP contribution >= 0.6 is 0 Å². The van der Waals surface area contributed by atoms with Crippen LogP contribution in [0.2, 0.25) is 0 Å². The number of aromatic amines is 1. The number of carbonyl (C=O) groups is 1. The van der Waals surface area contributed by atoms with E-state index in [-0.39, 0.29) is 12.5 Å². The Morgan fingerprint density at radius 2 is 2.00 bits per heavy atom. The topological polar surface area (TPSA) is 101 Å². The summed E-state index contributed by atoms with van der Waals surface area (Å²) in [5, 5.41) is 14.8. The number of rotatable bonds is 6. The first kappa shape index (κ1) is 18.2. The number of anilines is 1. The summed E-state index contributed by atoms with van der Waals surface area (Å²) in [5.41, 5.74) is 3.46. The second kappa shape index (κ2) is 7.55. The van der Waals surface area contributed by atoms with Crippen LogP contribution in [0.4, 0.5) is 5.69 Å². The summed E-state index contributed by atoms with van der Waals surface area (Å²) in [6, 6.07) is 15.5. The summed E-state index contributed by atoms with van der Waals surface area (Å²) in [5.74, 6) is 2.40. The second-order valence-electron chi connectivity index (χ2n) is 7.55. The molecule has 4 aromatic rings. The molecule has 0 spiro atoms. The van der Waals surface area contributed by atoms with E-state index in [0.29, 0.717) is 23.3 Å². The van der Waals surface area contributed by atoms with Crippen LogP contribution < -0.4 is 5.32 Å². The van der Waals surface area contributed by atoms with E-state index < -0.39 is 0 Å².